The third-order valence-corrected chi connectivity index (χ3v) is 4.60. The molecule has 0 amide bonds. The Morgan fingerprint density at radius 2 is 1.86 bits per heavy atom. The summed E-state index contributed by atoms with van der Waals surface area (Å²) in [5.74, 6) is -0.336. The topological polar surface area (TPSA) is 34.6 Å². The number of piperidine rings is 1. The van der Waals surface area contributed by atoms with E-state index < -0.39 is 0 Å². The molecule has 0 radical (unpaired) electrons. The summed E-state index contributed by atoms with van der Waals surface area (Å²) in [4.78, 5) is 6.79. The molecule has 2 fully saturated rings. The maximum absolute atomic E-state index is 6.14. The van der Waals surface area contributed by atoms with Crippen LogP contribution < -0.4 is 4.90 Å². The molecule has 1 spiro atoms. The standard InChI is InChI=1S/C16H17ClN2O2/c17-12-1-2-14-13(11-12)15(3-6-18-14)19-7-4-16(5-8-19)20-9-10-21-16/h1-3,6,11H,4-5,7-10H2. The molecule has 0 aliphatic carbocycles. The van der Waals surface area contributed by atoms with Crippen molar-refractivity contribution >= 4 is 28.2 Å². The van der Waals surface area contributed by atoms with Crippen LogP contribution in [0, 0.1) is 0 Å². The SMILES string of the molecule is Clc1ccc2nccc(N3CCC4(CC3)OCCO4)c2c1. The third kappa shape index (κ3) is 2.37. The molecule has 3 heterocycles. The smallest absolute Gasteiger partial charge is 0.171 e. The number of aromatic nitrogens is 1. The minimum atomic E-state index is -0.336. The second kappa shape index (κ2) is 5.13. The molecular weight excluding hydrogens is 288 g/mol. The molecule has 5 heteroatoms. The van der Waals surface area contributed by atoms with Crippen molar-refractivity contribution in [2.75, 3.05) is 31.2 Å². The van der Waals surface area contributed by atoms with Crippen LogP contribution in [0.2, 0.25) is 5.02 Å². The maximum atomic E-state index is 6.14. The van der Waals surface area contributed by atoms with Gasteiger partial charge in [0.15, 0.2) is 5.79 Å². The predicted molar refractivity (Wildman–Crippen MR) is 82.8 cm³/mol. The summed E-state index contributed by atoms with van der Waals surface area (Å²) >= 11 is 6.14. The van der Waals surface area contributed by atoms with Crippen molar-refractivity contribution in [1.82, 2.24) is 4.98 Å². The van der Waals surface area contributed by atoms with Gasteiger partial charge in [0, 0.05) is 48.2 Å². The summed E-state index contributed by atoms with van der Waals surface area (Å²) in [6, 6.07) is 7.90. The zero-order valence-electron chi connectivity index (χ0n) is 11.7. The van der Waals surface area contributed by atoms with Gasteiger partial charge >= 0.3 is 0 Å². The molecule has 0 saturated carbocycles. The molecule has 4 nitrogen and oxygen atoms in total. The van der Waals surface area contributed by atoms with Crippen molar-refractivity contribution in [3.05, 3.63) is 35.5 Å². The number of anilines is 1. The van der Waals surface area contributed by atoms with E-state index in [-0.39, 0.29) is 5.79 Å². The minimum Gasteiger partial charge on any atom is -0.371 e. The average molecular weight is 305 g/mol. The first-order valence-corrected chi connectivity index (χ1v) is 7.71. The monoisotopic (exact) mass is 304 g/mol. The molecule has 2 aromatic rings. The van der Waals surface area contributed by atoms with Gasteiger partial charge in [-0.15, -0.1) is 0 Å². The molecule has 2 saturated heterocycles. The van der Waals surface area contributed by atoms with E-state index in [1.165, 1.54) is 5.69 Å². The Labute approximate surface area is 128 Å². The summed E-state index contributed by atoms with van der Waals surface area (Å²) < 4.78 is 11.6. The fourth-order valence-electron chi connectivity index (χ4n) is 3.25. The van der Waals surface area contributed by atoms with E-state index in [4.69, 9.17) is 21.1 Å². The van der Waals surface area contributed by atoms with Gasteiger partial charge in [0.2, 0.25) is 0 Å². The number of hydrogen-bond donors (Lipinski definition) is 0. The molecule has 4 rings (SSSR count). The first-order valence-electron chi connectivity index (χ1n) is 7.33. The molecule has 0 atom stereocenters. The van der Waals surface area contributed by atoms with E-state index in [2.05, 4.69) is 16.0 Å². The van der Waals surface area contributed by atoms with Crippen LogP contribution in [-0.2, 0) is 9.47 Å². The van der Waals surface area contributed by atoms with Crippen molar-refractivity contribution in [3.63, 3.8) is 0 Å². The average Bonchev–Trinajstić information content (AvgIpc) is 2.96. The maximum Gasteiger partial charge on any atom is 0.171 e. The van der Waals surface area contributed by atoms with Crippen molar-refractivity contribution in [3.8, 4) is 0 Å². The quantitative estimate of drug-likeness (QED) is 0.810. The van der Waals surface area contributed by atoms with Gasteiger partial charge in [-0.3, -0.25) is 4.98 Å². The summed E-state index contributed by atoms with van der Waals surface area (Å²) in [5, 5.41) is 1.85. The Morgan fingerprint density at radius 3 is 2.62 bits per heavy atom. The van der Waals surface area contributed by atoms with E-state index >= 15 is 0 Å². The van der Waals surface area contributed by atoms with E-state index in [9.17, 15) is 0 Å². The van der Waals surface area contributed by atoms with Crippen LogP contribution in [0.15, 0.2) is 30.5 Å². The molecular formula is C16H17ClN2O2. The lowest BCUT2D eigenvalue weighted by atomic mass is 10.0. The van der Waals surface area contributed by atoms with E-state index in [1.807, 2.05) is 24.4 Å². The highest BCUT2D eigenvalue weighted by Gasteiger charge is 2.39. The highest BCUT2D eigenvalue weighted by atomic mass is 35.5. The van der Waals surface area contributed by atoms with Gasteiger partial charge in [-0.1, -0.05) is 11.6 Å². The Bertz CT molecular complexity index is 660. The van der Waals surface area contributed by atoms with Crippen LogP contribution in [0.4, 0.5) is 5.69 Å². The molecule has 0 bridgehead atoms. The summed E-state index contributed by atoms with van der Waals surface area (Å²) in [6.45, 7) is 3.28. The largest absolute Gasteiger partial charge is 0.371 e. The van der Waals surface area contributed by atoms with Crippen LogP contribution >= 0.6 is 11.6 Å². The highest BCUT2D eigenvalue weighted by Crippen LogP contribution is 2.35. The summed E-state index contributed by atoms with van der Waals surface area (Å²) in [6.07, 6.45) is 3.66. The number of fused-ring (bicyclic) bond motifs is 1. The molecule has 2 aliphatic heterocycles. The first kappa shape index (κ1) is 13.3. The predicted octanol–water partition coefficient (Wildman–Crippen LogP) is 3.23. The van der Waals surface area contributed by atoms with Crippen LogP contribution in [0.1, 0.15) is 12.8 Å². The number of ether oxygens (including phenoxy) is 2. The number of rotatable bonds is 1. The zero-order valence-corrected chi connectivity index (χ0v) is 12.5. The van der Waals surface area contributed by atoms with Crippen LogP contribution in [-0.4, -0.2) is 37.1 Å². The number of benzene rings is 1. The zero-order chi connectivity index (χ0) is 14.3. The molecule has 0 unspecified atom stereocenters. The van der Waals surface area contributed by atoms with Gasteiger partial charge in [0.1, 0.15) is 0 Å². The van der Waals surface area contributed by atoms with E-state index in [0.29, 0.717) is 13.2 Å². The second-order valence-electron chi connectivity index (χ2n) is 5.59. The van der Waals surface area contributed by atoms with Crippen molar-refractivity contribution in [2.24, 2.45) is 0 Å². The number of halogens is 1. The number of pyridine rings is 1. The van der Waals surface area contributed by atoms with E-state index in [1.54, 1.807) is 0 Å². The first-order chi connectivity index (χ1) is 10.3. The number of hydrogen-bond acceptors (Lipinski definition) is 4. The van der Waals surface area contributed by atoms with Crippen LogP contribution in [0.25, 0.3) is 10.9 Å². The fraction of sp³-hybridized carbons (Fsp3) is 0.438. The van der Waals surface area contributed by atoms with E-state index in [0.717, 1.165) is 41.9 Å². The lowest BCUT2D eigenvalue weighted by molar-refractivity contribution is -0.169. The summed E-state index contributed by atoms with van der Waals surface area (Å²) in [7, 11) is 0. The van der Waals surface area contributed by atoms with Gasteiger partial charge in [0.25, 0.3) is 0 Å². The molecule has 0 N–H and O–H groups in total. The molecule has 110 valence electrons. The van der Waals surface area contributed by atoms with Crippen LogP contribution in [0.5, 0.6) is 0 Å². The Balaban J connectivity index is 1.64. The van der Waals surface area contributed by atoms with Crippen molar-refractivity contribution in [1.29, 1.82) is 0 Å². The molecule has 1 aromatic carbocycles. The molecule has 21 heavy (non-hydrogen) atoms. The second-order valence-corrected chi connectivity index (χ2v) is 6.02. The Kier molecular flexibility index (Phi) is 3.25. The summed E-state index contributed by atoms with van der Waals surface area (Å²) in [5.41, 5.74) is 2.17. The molecule has 1 aromatic heterocycles. The lowest BCUT2D eigenvalue weighted by Crippen LogP contribution is -2.45. The van der Waals surface area contributed by atoms with Gasteiger partial charge in [-0.2, -0.15) is 0 Å². The normalized spacial score (nSPS) is 21.3. The Morgan fingerprint density at radius 1 is 1.10 bits per heavy atom. The molecule has 2 aliphatic rings. The van der Waals surface area contributed by atoms with Gasteiger partial charge in [-0.25, -0.2) is 0 Å². The lowest BCUT2D eigenvalue weighted by Gasteiger charge is -2.39. The number of nitrogens with zero attached hydrogens (tertiary/aromatic N) is 2. The van der Waals surface area contributed by atoms with Crippen molar-refractivity contribution in [2.45, 2.75) is 18.6 Å². The minimum absolute atomic E-state index is 0.336. The van der Waals surface area contributed by atoms with Gasteiger partial charge in [0.05, 0.1) is 18.7 Å². The van der Waals surface area contributed by atoms with Crippen LogP contribution in [0.3, 0.4) is 0 Å². The highest BCUT2D eigenvalue weighted by molar-refractivity contribution is 6.31. The van der Waals surface area contributed by atoms with Gasteiger partial charge in [-0.05, 0) is 24.3 Å². The Hall–Kier alpha value is -1.36. The fourth-order valence-corrected chi connectivity index (χ4v) is 3.43. The van der Waals surface area contributed by atoms with Crippen molar-refractivity contribution < 1.29 is 9.47 Å². The van der Waals surface area contributed by atoms with Gasteiger partial charge < -0.3 is 14.4 Å². The third-order valence-electron chi connectivity index (χ3n) is 4.36.